The lowest BCUT2D eigenvalue weighted by molar-refractivity contribution is 0.371. The monoisotopic (exact) mass is 395 g/mol. The molecule has 0 saturated heterocycles. The fourth-order valence-corrected chi connectivity index (χ4v) is 10.4. The summed E-state index contributed by atoms with van der Waals surface area (Å²) in [6.45, 7) is 24.2. The lowest BCUT2D eigenvalue weighted by Crippen LogP contribution is -2.46. The first kappa shape index (κ1) is 21.4. The number of hydrogen-bond acceptors (Lipinski definition) is 1. The van der Waals surface area contributed by atoms with Crippen LogP contribution < -0.4 is 4.98 Å². The quantitative estimate of drug-likeness (QED) is 0.509. The Kier molecular flexibility index (Phi) is 5.75. The summed E-state index contributed by atoms with van der Waals surface area (Å²) in [7, 11) is -1.70. The fourth-order valence-electron chi connectivity index (χ4n) is 6.34. The minimum atomic E-state index is -1.70. The van der Waals surface area contributed by atoms with E-state index in [0.717, 1.165) is 23.3 Å². The summed E-state index contributed by atoms with van der Waals surface area (Å²) >= 11 is 0. The van der Waals surface area contributed by atoms with E-state index in [1.54, 1.807) is 22.3 Å². The van der Waals surface area contributed by atoms with Crippen LogP contribution in [0.1, 0.15) is 66.9 Å². The Bertz CT molecular complexity index is 796. The maximum absolute atomic E-state index is 4.07. The van der Waals surface area contributed by atoms with Crippen LogP contribution in [-0.4, -0.2) is 8.24 Å². The number of anilines is 1. The Balaban J connectivity index is 1.95. The Hall–Kier alpha value is -1.28. The van der Waals surface area contributed by atoms with Gasteiger partial charge in [0.2, 0.25) is 0 Å². The van der Waals surface area contributed by atoms with Crippen LogP contribution in [0.25, 0.3) is 0 Å². The number of rotatable bonds is 4. The summed E-state index contributed by atoms with van der Waals surface area (Å²) in [6, 6.07) is 9.20. The number of allylic oxidation sites excluding steroid dienone is 4. The number of nitrogens with one attached hydrogen (secondary N) is 1. The van der Waals surface area contributed by atoms with Crippen molar-refractivity contribution in [1.29, 1.82) is 0 Å². The highest BCUT2D eigenvalue weighted by molar-refractivity contribution is 6.82. The second-order valence-electron chi connectivity index (χ2n) is 10.5. The van der Waals surface area contributed by atoms with Gasteiger partial charge in [-0.15, -0.1) is 0 Å². The third-order valence-corrected chi connectivity index (χ3v) is 11.8. The first-order valence-electron chi connectivity index (χ1n) is 11.2. The molecule has 0 heterocycles. The molecular formula is C26H41NSi. The van der Waals surface area contributed by atoms with E-state index < -0.39 is 8.24 Å². The van der Waals surface area contributed by atoms with Crippen molar-refractivity contribution >= 4 is 13.9 Å². The molecule has 1 aromatic carbocycles. The molecule has 1 fully saturated rings. The highest BCUT2D eigenvalue weighted by Crippen LogP contribution is 2.61. The van der Waals surface area contributed by atoms with E-state index in [4.69, 9.17) is 0 Å². The normalized spacial score (nSPS) is 30.9. The topological polar surface area (TPSA) is 12.0 Å². The van der Waals surface area contributed by atoms with Crippen LogP contribution in [0.2, 0.25) is 18.6 Å². The largest absolute Gasteiger partial charge is 0.410 e. The molecule has 0 radical (unpaired) electrons. The SMILES string of the molecule is CC1=C(C)C2C(C)C(C)C([Si](C)(C)Nc3ccc(C(C)C)cc3)C2C(C)=C1C. The molecule has 1 N–H and O–H groups in total. The van der Waals surface area contributed by atoms with Crippen molar-refractivity contribution in [1.82, 2.24) is 0 Å². The predicted octanol–water partition coefficient (Wildman–Crippen LogP) is 8.00. The van der Waals surface area contributed by atoms with E-state index in [0.29, 0.717) is 11.8 Å². The third-order valence-electron chi connectivity index (χ3n) is 8.36. The van der Waals surface area contributed by atoms with Gasteiger partial charge in [0, 0.05) is 5.69 Å². The molecule has 0 aliphatic heterocycles. The van der Waals surface area contributed by atoms with Gasteiger partial charge < -0.3 is 4.98 Å². The van der Waals surface area contributed by atoms with Crippen LogP contribution in [-0.2, 0) is 0 Å². The van der Waals surface area contributed by atoms with E-state index in [1.807, 2.05) is 0 Å². The molecule has 2 heteroatoms. The molecule has 0 bridgehead atoms. The van der Waals surface area contributed by atoms with Crippen LogP contribution >= 0.6 is 0 Å². The van der Waals surface area contributed by atoms with Gasteiger partial charge in [-0.05, 0) is 91.7 Å². The van der Waals surface area contributed by atoms with Crippen LogP contribution in [0.15, 0.2) is 46.6 Å². The third kappa shape index (κ3) is 3.42. The predicted molar refractivity (Wildman–Crippen MR) is 127 cm³/mol. The standard InChI is InChI=1S/C26H41NSi/c1-15(2)22-11-13-23(14-12-22)27-28(9,10)26-21(8)20(7)24-18(5)16(3)17(4)19(6)25(24)26/h11-15,20-21,24-27H,1-10H3. The zero-order valence-corrected chi connectivity index (χ0v) is 20.8. The molecule has 1 nitrogen and oxygen atoms in total. The Labute approximate surface area is 174 Å². The average molecular weight is 396 g/mol. The van der Waals surface area contributed by atoms with E-state index in [9.17, 15) is 0 Å². The van der Waals surface area contributed by atoms with Crippen molar-refractivity contribution in [2.24, 2.45) is 23.7 Å². The smallest absolute Gasteiger partial charge is 0.151 e. The highest BCUT2D eigenvalue weighted by atomic mass is 28.3. The van der Waals surface area contributed by atoms with Crippen LogP contribution in [0.3, 0.4) is 0 Å². The highest BCUT2D eigenvalue weighted by Gasteiger charge is 2.55. The van der Waals surface area contributed by atoms with Crippen molar-refractivity contribution < 1.29 is 0 Å². The minimum absolute atomic E-state index is 0.590. The Morgan fingerprint density at radius 2 is 1.29 bits per heavy atom. The van der Waals surface area contributed by atoms with Crippen molar-refractivity contribution in [3.05, 3.63) is 52.1 Å². The van der Waals surface area contributed by atoms with E-state index in [2.05, 4.69) is 97.7 Å². The zero-order valence-electron chi connectivity index (χ0n) is 19.8. The molecule has 1 aromatic rings. The maximum Gasteiger partial charge on any atom is 0.151 e. The molecule has 0 aromatic heterocycles. The molecule has 2 aliphatic rings. The molecule has 3 rings (SSSR count). The summed E-state index contributed by atoms with van der Waals surface area (Å²) in [4.78, 5) is 4.07. The van der Waals surface area contributed by atoms with Gasteiger partial charge in [0.1, 0.15) is 0 Å². The Morgan fingerprint density at radius 3 is 1.79 bits per heavy atom. The van der Waals surface area contributed by atoms with Gasteiger partial charge in [0.05, 0.1) is 0 Å². The van der Waals surface area contributed by atoms with Gasteiger partial charge in [0.25, 0.3) is 0 Å². The number of benzene rings is 1. The lowest BCUT2D eigenvalue weighted by Gasteiger charge is -2.41. The summed E-state index contributed by atoms with van der Waals surface area (Å²) in [5.74, 6) is 3.53. The van der Waals surface area contributed by atoms with Gasteiger partial charge in [-0.3, -0.25) is 0 Å². The second kappa shape index (κ2) is 7.52. The first-order chi connectivity index (χ1) is 13.0. The van der Waals surface area contributed by atoms with Gasteiger partial charge in [-0.25, -0.2) is 0 Å². The van der Waals surface area contributed by atoms with E-state index >= 15 is 0 Å². The first-order valence-corrected chi connectivity index (χ1v) is 14.3. The lowest BCUT2D eigenvalue weighted by atomic mass is 9.72. The van der Waals surface area contributed by atoms with Gasteiger partial charge in [-0.2, -0.15) is 0 Å². The summed E-state index contributed by atoms with van der Waals surface area (Å²) < 4.78 is 0. The maximum atomic E-state index is 4.07. The molecule has 0 amide bonds. The Morgan fingerprint density at radius 1 is 0.786 bits per heavy atom. The van der Waals surface area contributed by atoms with Crippen molar-refractivity contribution in [3.8, 4) is 0 Å². The van der Waals surface area contributed by atoms with Crippen LogP contribution in [0.5, 0.6) is 0 Å². The van der Waals surface area contributed by atoms with Gasteiger partial charge in [0.15, 0.2) is 8.24 Å². The molecular weight excluding hydrogens is 354 g/mol. The molecule has 154 valence electrons. The van der Waals surface area contributed by atoms with E-state index in [-0.39, 0.29) is 0 Å². The number of hydrogen-bond donors (Lipinski definition) is 1. The number of fused-ring (bicyclic) bond motifs is 1. The summed E-state index contributed by atoms with van der Waals surface area (Å²) in [5, 5.41) is 0. The molecule has 1 saturated carbocycles. The van der Waals surface area contributed by atoms with Gasteiger partial charge in [-0.1, -0.05) is 64.1 Å². The second-order valence-corrected chi connectivity index (χ2v) is 14.9. The molecule has 5 unspecified atom stereocenters. The molecule has 28 heavy (non-hydrogen) atoms. The fraction of sp³-hybridized carbons (Fsp3) is 0.615. The van der Waals surface area contributed by atoms with Crippen molar-refractivity contribution in [3.63, 3.8) is 0 Å². The van der Waals surface area contributed by atoms with Crippen molar-refractivity contribution in [2.45, 2.75) is 79.9 Å². The van der Waals surface area contributed by atoms with Crippen molar-refractivity contribution in [2.75, 3.05) is 4.98 Å². The molecule has 0 spiro atoms. The minimum Gasteiger partial charge on any atom is -0.410 e. The van der Waals surface area contributed by atoms with Crippen LogP contribution in [0.4, 0.5) is 5.69 Å². The van der Waals surface area contributed by atoms with Gasteiger partial charge >= 0.3 is 0 Å². The summed E-state index contributed by atoms with van der Waals surface area (Å²) in [6.07, 6.45) is 0. The van der Waals surface area contributed by atoms with E-state index in [1.165, 1.54) is 11.3 Å². The summed E-state index contributed by atoms with van der Waals surface area (Å²) in [5.41, 5.74) is 9.90. The van der Waals surface area contributed by atoms with Crippen LogP contribution in [0, 0.1) is 23.7 Å². The molecule has 2 aliphatic carbocycles. The zero-order chi connectivity index (χ0) is 21.0. The average Bonchev–Trinajstić information content (AvgIpc) is 2.90. The molecule has 5 atom stereocenters.